The van der Waals surface area contributed by atoms with E-state index < -0.39 is 29.2 Å². The molecular weight excluding hydrogens is 430 g/mol. The van der Waals surface area contributed by atoms with Gasteiger partial charge in [-0.15, -0.1) is 0 Å². The molecule has 2 aromatic carbocycles. The number of aromatic nitrogens is 1. The van der Waals surface area contributed by atoms with Crippen LogP contribution in [-0.4, -0.2) is 16.1 Å². The fourth-order valence-corrected chi connectivity index (χ4v) is 3.82. The van der Waals surface area contributed by atoms with Gasteiger partial charge in [0.25, 0.3) is 0 Å². The molecule has 4 rings (SSSR count). The van der Waals surface area contributed by atoms with Crippen LogP contribution < -0.4 is 10.7 Å². The molecule has 2 aromatic heterocycles. The molecule has 0 aliphatic carbocycles. The SMILES string of the molecule is Cc1cc([C@@H](C)Nc2ccc(F)c(F)c2C(=O)O)c2oc(-c3ccccn3)c(C)c(=O)c2c1. The summed E-state index contributed by atoms with van der Waals surface area (Å²) in [5.41, 5.74) is 1.44. The van der Waals surface area contributed by atoms with E-state index in [9.17, 15) is 23.5 Å². The minimum atomic E-state index is -1.60. The lowest BCUT2D eigenvalue weighted by Gasteiger charge is -2.20. The van der Waals surface area contributed by atoms with E-state index in [0.29, 0.717) is 33.6 Å². The predicted octanol–water partition coefficient (Wildman–Crippen LogP) is 5.62. The van der Waals surface area contributed by atoms with Crippen LogP contribution in [0.25, 0.3) is 22.4 Å². The average molecular weight is 450 g/mol. The van der Waals surface area contributed by atoms with E-state index in [1.165, 1.54) is 0 Å². The Labute approximate surface area is 187 Å². The van der Waals surface area contributed by atoms with Crippen LogP contribution in [-0.2, 0) is 0 Å². The maximum absolute atomic E-state index is 14.2. The van der Waals surface area contributed by atoms with E-state index in [0.717, 1.165) is 17.7 Å². The average Bonchev–Trinajstić information content (AvgIpc) is 2.79. The second kappa shape index (κ2) is 8.46. The highest BCUT2D eigenvalue weighted by Gasteiger charge is 2.23. The fraction of sp³-hybridized carbons (Fsp3) is 0.160. The van der Waals surface area contributed by atoms with Crippen molar-refractivity contribution in [2.45, 2.75) is 26.8 Å². The standard InChI is InChI=1S/C25H20F2N2O4/c1-12-10-15(14(3)29-18-8-7-17(26)21(27)20(18)25(31)32)24-16(11-12)22(30)13(2)23(33-24)19-6-4-5-9-28-19/h4-11,14,29H,1-3H3,(H,31,32)/t14-/m1/s1. The van der Waals surface area contributed by atoms with Crippen LogP contribution in [0.1, 0.15) is 40.0 Å². The molecule has 0 saturated heterocycles. The number of aromatic carboxylic acids is 1. The number of carboxylic acid groups (broad SMARTS) is 1. The molecule has 1 atom stereocenters. The van der Waals surface area contributed by atoms with Crippen molar-refractivity contribution in [2.75, 3.05) is 5.32 Å². The lowest BCUT2D eigenvalue weighted by Crippen LogP contribution is -2.15. The molecule has 0 aliphatic rings. The molecule has 0 amide bonds. The Bertz CT molecular complexity index is 1450. The lowest BCUT2D eigenvalue weighted by molar-refractivity contribution is 0.0691. The van der Waals surface area contributed by atoms with Gasteiger partial charge in [-0.1, -0.05) is 12.1 Å². The van der Waals surface area contributed by atoms with E-state index in [-0.39, 0.29) is 11.1 Å². The minimum Gasteiger partial charge on any atom is -0.478 e. The van der Waals surface area contributed by atoms with E-state index in [4.69, 9.17) is 4.42 Å². The number of hydrogen-bond donors (Lipinski definition) is 2. The molecule has 8 heteroatoms. The van der Waals surface area contributed by atoms with Crippen LogP contribution in [0.3, 0.4) is 0 Å². The zero-order chi connectivity index (χ0) is 23.9. The van der Waals surface area contributed by atoms with Crippen molar-refractivity contribution < 1.29 is 23.1 Å². The first kappa shape index (κ1) is 22.1. The number of halogens is 2. The van der Waals surface area contributed by atoms with Crippen LogP contribution in [0.4, 0.5) is 14.5 Å². The number of aryl methyl sites for hydroxylation is 1. The zero-order valence-corrected chi connectivity index (χ0v) is 18.1. The van der Waals surface area contributed by atoms with Gasteiger partial charge in [0.15, 0.2) is 22.8 Å². The van der Waals surface area contributed by atoms with Crippen LogP contribution in [0.15, 0.2) is 57.9 Å². The first-order chi connectivity index (χ1) is 15.7. The van der Waals surface area contributed by atoms with Crippen molar-refractivity contribution in [2.24, 2.45) is 0 Å². The predicted molar refractivity (Wildman–Crippen MR) is 121 cm³/mol. The number of anilines is 1. The Kier molecular flexibility index (Phi) is 5.68. The first-order valence-electron chi connectivity index (χ1n) is 10.2. The van der Waals surface area contributed by atoms with Gasteiger partial charge in [0, 0.05) is 17.3 Å². The number of rotatable bonds is 5. The van der Waals surface area contributed by atoms with Crippen LogP contribution in [0.2, 0.25) is 0 Å². The van der Waals surface area contributed by atoms with Gasteiger partial charge in [-0.25, -0.2) is 13.6 Å². The molecule has 0 unspecified atom stereocenters. The topological polar surface area (TPSA) is 92.4 Å². The summed E-state index contributed by atoms with van der Waals surface area (Å²) in [4.78, 5) is 29.0. The summed E-state index contributed by atoms with van der Waals surface area (Å²) >= 11 is 0. The van der Waals surface area contributed by atoms with Gasteiger partial charge in [0.2, 0.25) is 0 Å². The highest BCUT2D eigenvalue weighted by atomic mass is 19.2. The number of fused-ring (bicyclic) bond motifs is 1. The largest absolute Gasteiger partial charge is 0.478 e. The molecule has 0 radical (unpaired) electrons. The molecular formula is C25H20F2N2O4. The van der Waals surface area contributed by atoms with Gasteiger partial charge in [0.05, 0.1) is 17.1 Å². The van der Waals surface area contributed by atoms with E-state index in [2.05, 4.69) is 10.3 Å². The van der Waals surface area contributed by atoms with Crippen LogP contribution in [0, 0.1) is 25.5 Å². The highest BCUT2D eigenvalue weighted by Crippen LogP contribution is 2.32. The van der Waals surface area contributed by atoms with Crippen molar-refractivity contribution in [3.8, 4) is 11.5 Å². The first-order valence-corrected chi connectivity index (χ1v) is 10.2. The van der Waals surface area contributed by atoms with Crippen molar-refractivity contribution in [3.05, 3.63) is 92.8 Å². The molecule has 4 aromatic rings. The third kappa shape index (κ3) is 3.95. The number of nitrogens with zero attached hydrogens (tertiary/aromatic N) is 1. The van der Waals surface area contributed by atoms with Gasteiger partial charge in [-0.2, -0.15) is 0 Å². The molecule has 33 heavy (non-hydrogen) atoms. The Balaban J connectivity index is 1.90. The van der Waals surface area contributed by atoms with Gasteiger partial charge in [-0.3, -0.25) is 9.78 Å². The number of pyridine rings is 1. The fourth-order valence-electron chi connectivity index (χ4n) is 3.82. The van der Waals surface area contributed by atoms with Crippen LogP contribution in [0.5, 0.6) is 0 Å². The maximum Gasteiger partial charge on any atom is 0.340 e. The third-order valence-electron chi connectivity index (χ3n) is 5.44. The summed E-state index contributed by atoms with van der Waals surface area (Å²) in [6.07, 6.45) is 1.59. The summed E-state index contributed by atoms with van der Waals surface area (Å²) in [6, 6.07) is 10.2. The van der Waals surface area contributed by atoms with E-state index in [1.807, 2.05) is 6.92 Å². The molecule has 6 nitrogen and oxygen atoms in total. The van der Waals surface area contributed by atoms with Gasteiger partial charge >= 0.3 is 5.97 Å². The van der Waals surface area contributed by atoms with E-state index in [1.54, 1.807) is 50.4 Å². The summed E-state index contributed by atoms with van der Waals surface area (Å²) in [6.45, 7) is 5.19. The summed E-state index contributed by atoms with van der Waals surface area (Å²) in [5.74, 6) is -3.98. The number of carbonyl (C=O) groups is 1. The third-order valence-corrected chi connectivity index (χ3v) is 5.44. The Morgan fingerprint density at radius 3 is 2.58 bits per heavy atom. The van der Waals surface area contributed by atoms with Crippen molar-refractivity contribution >= 4 is 22.6 Å². The molecule has 2 N–H and O–H groups in total. The van der Waals surface area contributed by atoms with E-state index >= 15 is 0 Å². The van der Waals surface area contributed by atoms with Gasteiger partial charge in [0.1, 0.15) is 16.8 Å². The summed E-state index contributed by atoms with van der Waals surface area (Å²) in [5, 5.41) is 12.7. The Morgan fingerprint density at radius 2 is 1.91 bits per heavy atom. The smallest absolute Gasteiger partial charge is 0.340 e. The number of benzene rings is 2. The molecule has 0 saturated carbocycles. The van der Waals surface area contributed by atoms with Crippen molar-refractivity contribution in [1.29, 1.82) is 0 Å². The minimum absolute atomic E-state index is 0.0945. The van der Waals surface area contributed by atoms with Crippen molar-refractivity contribution in [1.82, 2.24) is 4.98 Å². The number of hydrogen-bond acceptors (Lipinski definition) is 5. The monoisotopic (exact) mass is 450 g/mol. The highest BCUT2D eigenvalue weighted by molar-refractivity contribution is 5.95. The molecule has 0 fully saturated rings. The van der Waals surface area contributed by atoms with Gasteiger partial charge in [-0.05, 0) is 56.7 Å². The summed E-state index contributed by atoms with van der Waals surface area (Å²) in [7, 11) is 0. The van der Waals surface area contributed by atoms with Gasteiger partial charge < -0.3 is 14.8 Å². The lowest BCUT2D eigenvalue weighted by atomic mass is 9.99. The Morgan fingerprint density at radius 1 is 1.15 bits per heavy atom. The molecule has 2 heterocycles. The van der Waals surface area contributed by atoms with Crippen molar-refractivity contribution in [3.63, 3.8) is 0 Å². The molecule has 0 spiro atoms. The quantitative estimate of drug-likeness (QED) is 0.410. The zero-order valence-electron chi connectivity index (χ0n) is 18.1. The Hall–Kier alpha value is -4.07. The van der Waals surface area contributed by atoms with Crippen LogP contribution >= 0.6 is 0 Å². The second-order valence-electron chi connectivity index (χ2n) is 7.79. The molecule has 0 aliphatic heterocycles. The summed E-state index contributed by atoms with van der Waals surface area (Å²) < 4.78 is 33.9. The maximum atomic E-state index is 14.2. The number of nitrogens with one attached hydrogen (secondary N) is 1. The normalized spacial score (nSPS) is 12.0. The number of carboxylic acids is 1. The second-order valence-corrected chi connectivity index (χ2v) is 7.79. The molecule has 0 bridgehead atoms. The molecule has 168 valence electrons.